The summed E-state index contributed by atoms with van der Waals surface area (Å²) < 4.78 is 11.1. The second-order valence-electron chi connectivity index (χ2n) is 9.23. The zero-order chi connectivity index (χ0) is 24.3. The maximum Gasteiger partial charge on any atom is 0.119 e. The third-order valence-electron chi connectivity index (χ3n) is 5.73. The van der Waals surface area contributed by atoms with Crippen molar-refractivity contribution in [1.29, 1.82) is 0 Å². The van der Waals surface area contributed by atoms with E-state index in [1.807, 2.05) is 66.7 Å². The summed E-state index contributed by atoms with van der Waals surface area (Å²) in [6.07, 6.45) is -0.232. The third-order valence-corrected chi connectivity index (χ3v) is 5.73. The van der Waals surface area contributed by atoms with Crippen molar-refractivity contribution in [2.75, 3.05) is 20.2 Å². The summed E-state index contributed by atoms with van der Waals surface area (Å²) in [4.78, 5) is 2.24. The van der Waals surface area contributed by atoms with Gasteiger partial charge in [-0.25, -0.2) is 0 Å². The Bertz CT molecular complexity index is 959. The van der Waals surface area contributed by atoms with Crippen molar-refractivity contribution in [2.45, 2.75) is 45.6 Å². The third kappa shape index (κ3) is 8.49. The Morgan fingerprint density at radius 3 is 2.03 bits per heavy atom. The van der Waals surface area contributed by atoms with E-state index >= 15 is 0 Å². The number of methoxy groups -OCH3 is 1. The zero-order valence-corrected chi connectivity index (χ0v) is 20.5. The molecule has 0 saturated heterocycles. The van der Waals surface area contributed by atoms with Gasteiger partial charge < -0.3 is 14.6 Å². The number of rotatable bonds is 13. The molecule has 0 amide bonds. The van der Waals surface area contributed by atoms with Gasteiger partial charge in [-0.05, 0) is 53.3 Å². The summed E-state index contributed by atoms with van der Waals surface area (Å²) >= 11 is 0. The lowest BCUT2D eigenvalue weighted by molar-refractivity contribution is 0.0799. The molecule has 1 radical (unpaired) electrons. The summed E-state index contributed by atoms with van der Waals surface area (Å²) in [6.45, 7) is 6.94. The second kappa shape index (κ2) is 13.1. The van der Waals surface area contributed by atoms with Crippen LogP contribution in [0.25, 0.3) is 0 Å². The highest BCUT2D eigenvalue weighted by molar-refractivity contribution is 5.29. The molecule has 0 saturated carbocycles. The lowest BCUT2D eigenvalue weighted by Gasteiger charge is -2.29. The van der Waals surface area contributed by atoms with Crippen molar-refractivity contribution in [3.05, 3.63) is 95.6 Å². The molecule has 0 aliphatic rings. The van der Waals surface area contributed by atoms with E-state index in [0.29, 0.717) is 25.5 Å². The first-order valence-electron chi connectivity index (χ1n) is 11.9. The first-order valence-corrected chi connectivity index (χ1v) is 11.9. The van der Waals surface area contributed by atoms with Crippen molar-refractivity contribution in [2.24, 2.45) is 5.92 Å². The molecule has 0 heterocycles. The predicted molar refractivity (Wildman–Crippen MR) is 137 cm³/mol. The molecule has 3 aromatic rings. The largest absolute Gasteiger partial charge is 0.497 e. The lowest BCUT2D eigenvalue weighted by Crippen LogP contribution is -2.42. The van der Waals surface area contributed by atoms with Crippen LogP contribution in [0.5, 0.6) is 11.5 Å². The Hall–Kier alpha value is -2.86. The van der Waals surface area contributed by atoms with Gasteiger partial charge in [0.1, 0.15) is 18.1 Å². The van der Waals surface area contributed by atoms with Crippen LogP contribution in [0.4, 0.5) is 0 Å². The highest BCUT2D eigenvalue weighted by Gasteiger charge is 2.20. The highest BCUT2D eigenvalue weighted by Crippen LogP contribution is 2.18. The van der Waals surface area contributed by atoms with Crippen molar-refractivity contribution in [3.8, 4) is 11.5 Å². The molecule has 5 nitrogen and oxygen atoms in total. The fourth-order valence-electron chi connectivity index (χ4n) is 3.95. The van der Waals surface area contributed by atoms with Gasteiger partial charge in [0.2, 0.25) is 0 Å². The van der Waals surface area contributed by atoms with Crippen LogP contribution in [0.3, 0.4) is 0 Å². The van der Waals surface area contributed by atoms with Crippen LogP contribution in [-0.2, 0) is 19.6 Å². The zero-order valence-electron chi connectivity index (χ0n) is 20.5. The number of aliphatic hydroxyl groups excluding tert-OH is 1. The Kier molecular flexibility index (Phi) is 9.95. The molecule has 0 aliphatic heterocycles. The van der Waals surface area contributed by atoms with Gasteiger partial charge in [-0.1, -0.05) is 68.4 Å². The summed E-state index contributed by atoms with van der Waals surface area (Å²) in [5, 5.41) is 10.8. The molecule has 0 unspecified atom stereocenters. The second-order valence-corrected chi connectivity index (χ2v) is 9.23. The average Bonchev–Trinajstić information content (AvgIpc) is 2.84. The molecule has 2 atom stereocenters. The maximum atomic E-state index is 10.8. The van der Waals surface area contributed by atoms with E-state index in [2.05, 4.69) is 30.9 Å². The van der Waals surface area contributed by atoms with Crippen molar-refractivity contribution >= 4 is 0 Å². The topological polar surface area (TPSA) is 65.7 Å². The quantitative estimate of drug-likeness (QED) is 0.390. The maximum absolute atomic E-state index is 10.8. The molecule has 5 heteroatoms. The fraction of sp³-hybridized carbons (Fsp3) is 0.379. The minimum Gasteiger partial charge on any atom is -0.497 e. The fourth-order valence-corrected chi connectivity index (χ4v) is 3.95. The number of aliphatic hydroxyl groups is 1. The SMILES string of the molecule is COc1ccc(CN(CC(C)C)C[C@@H](O)[C@@H]([NH])Cc2ccc(OCc3ccccc3)cc2)cc1. The van der Waals surface area contributed by atoms with Gasteiger partial charge >= 0.3 is 0 Å². The van der Waals surface area contributed by atoms with Gasteiger partial charge in [-0.15, -0.1) is 0 Å². The number of nitrogens with one attached hydrogen (secondary N) is 1. The number of hydrogen-bond donors (Lipinski definition) is 1. The Balaban J connectivity index is 1.52. The molecular formula is C29H37N2O3. The monoisotopic (exact) mass is 461 g/mol. The first-order chi connectivity index (χ1) is 16.4. The molecular weight excluding hydrogens is 424 g/mol. The van der Waals surface area contributed by atoms with E-state index in [1.165, 1.54) is 5.56 Å². The Morgan fingerprint density at radius 1 is 0.794 bits per heavy atom. The van der Waals surface area contributed by atoms with Crippen LogP contribution in [0.15, 0.2) is 78.9 Å². The van der Waals surface area contributed by atoms with Crippen LogP contribution < -0.4 is 15.2 Å². The molecule has 3 aromatic carbocycles. The van der Waals surface area contributed by atoms with E-state index in [0.717, 1.165) is 35.7 Å². The van der Waals surface area contributed by atoms with Crippen LogP contribution in [0, 0.1) is 5.92 Å². The van der Waals surface area contributed by atoms with Gasteiger partial charge in [0.25, 0.3) is 0 Å². The lowest BCUT2D eigenvalue weighted by atomic mass is 10.0. The van der Waals surface area contributed by atoms with Crippen LogP contribution in [0.1, 0.15) is 30.5 Å². The summed E-state index contributed by atoms with van der Waals surface area (Å²) in [5.41, 5.74) is 11.9. The molecule has 0 bridgehead atoms. The molecule has 2 N–H and O–H groups in total. The van der Waals surface area contributed by atoms with E-state index in [1.54, 1.807) is 7.11 Å². The van der Waals surface area contributed by atoms with Gasteiger partial charge in [0.05, 0.1) is 19.3 Å². The molecule has 0 fully saturated rings. The number of benzene rings is 3. The minimum absolute atomic E-state index is 0.469. The molecule has 0 aliphatic carbocycles. The molecule has 0 spiro atoms. The molecule has 34 heavy (non-hydrogen) atoms. The van der Waals surface area contributed by atoms with E-state index in [4.69, 9.17) is 15.2 Å². The minimum atomic E-state index is -0.731. The number of nitrogens with zero attached hydrogens (tertiary/aromatic N) is 1. The highest BCUT2D eigenvalue weighted by atomic mass is 16.5. The standard InChI is InChI=1S/C29H37N2O3/c1-22(2)18-31(19-24-11-13-26(33-3)14-12-24)20-29(32)28(30)17-23-9-15-27(16-10-23)34-21-25-7-5-4-6-8-25/h4-16,22,28-30,32H,17-21H2,1-3H3/t28-,29+/m0/s1. The van der Waals surface area contributed by atoms with Gasteiger partial charge in [-0.2, -0.15) is 0 Å². The normalized spacial score (nSPS) is 13.1. The van der Waals surface area contributed by atoms with E-state index in [9.17, 15) is 5.11 Å². The van der Waals surface area contributed by atoms with Gasteiger partial charge in [0.15, 0.2) is 0 Å². The average molecular weight is 462 g/mol. The molecule has 0 aromatic heterocycles. The van der Waals surface area contributed by atoms with Crippen molar-refractivity contribution in [3.63, 3.8) is 0 Å². The smallest absolute Gasteiger partial charge is 0.119 e. The van der Waals surface area contributed by atoms with Crippen LogP contribution >= 0.6 is 0 Å². The van der Waals surface area contributed by atoms with Gasteiger partial charge in [-0.3, -0.25) is 10.6 Å². The van der Waals surface area contributed by atoms with Crippen molar-refractivity contribution in [1.82, 2.24) is 10.6 Å². The molecule has 3 rings (SSSR count). The number of ether oxygens (including phenoxy) is 2. The van der Waals surface area contributed by atoms with Crippen LogP contribution in [0.2, 0.25) is 0 Å². The van der Waals surface area contributed by atoms with Crippen LogP contribution in [-0.4, -0.2) is 42.4 Å². The first kappa shape index (κ1) is 25.8. The Labute approximate surface area is 204 Å². The van der Waals surface area contributed by atoms with Gasteiger partial charge in [0, 0.05) is 19.6 Å². The summed E-state index contributed by atoms with van der Waals surface area (Å²) in [6, 6.07) is 25.3. The predicted octanol–water partition coefficient (Wildman–Crippen LogP) is 4.99. The summed E-state index contributed by atoms with van der Waals surface area (Å²) in [5.74, 6) is 2.11. The van der Waals surface area contributed by atoms with Crippen molar-refractivity contribution < 1.29 is 14.6 Å². The molecule has 181 valence electrons. The summed E-state index contributed by atoms with van der Waals surface area (Å²) in [7, 11) is 1.66. The van der Waals surface area contributed by atoms with E-state index < -0.39 is 12.1 Å². The Morgan fingerprint density at radius 2 is 1.41 bits per heavy atom. The number of hydrogen-bond acceptors (Lipinski definition) is 4. The van der Waals surface area contributed by atoms with E-state index in [-0.39, 0.29) is 0 Å².